The van der Waals surface area contributed by atoms with Crippen molar-refractivity contribution < 1.29 is 30.6 Å². The van der Waals surface area contributed by atoms with E-state index in [9.17, 15) is 21.6 Å². The lowest BCUT2D eigenvalue weighted by Gasteiger charge is -2.22. The number of benzene rings is 1. The van der Waals surface area contributed by atoms with Crippen molar-refractivity contribution in [2.45, 2.75) is 11.9 Å². The first-order chi connectivity index (χ1) is 8.18. The minimum Gasteiger partial charge on any atom is -0.369 e. The summed E-state index contributed by atoms with van der Waals surface area (Å²) < 4.78 is 65.9. The molecule has 98 valence electrons. The van der Waals surface area contributed by atoms with Crippen LogP contribution in [0.5, 0.6) is 5.75 Å². The Labute approximate surface area is 104 Å². The molecule has 0 amide bonds. The predicted octanol–water partition coefficient (Wildman–Crippen LogP) is 1.94. The van der Waals surface area contributed by atoms with Crippen molar-refractivity contribution in [1.82, 2.24) is 4.47 Å². The van der Waals surface area contributed by atoms with Gasteiger partial charge in [0.25, 0.3) is 0 Å². The van der Waals surface area contributed by atoms with Crippen LogP contribution in [0.15, 0.2) is 18.2 Å². The van der Waals surface area contributed by atoms with Crippen LogP contribution in [-0.2, 0) is 20.9 Å². The molecule has 2 aliphatic heterocycles. The zero-order valence-electron chi connectivity index (χ0n) is 8.23. The monoisotopic (exact) mass is 301 g/mol. The average Bonchev–Trinajstić information content (AvgIpc) is 2.96. The van der Waals surface area contributed by atoms with E-state index in [-0.39, 0.29) is 9.49 Å². The number of alkyl halides is 3. The highest BCUT2D eigenvalue weighted by atomic mass is 35.5. The average molecular weight is 302 g/mol. The second-order valence-electron chi connectivity index (χ2n) is 3.64. The van der Waals surface area contributed by atoms with Gasteiger partial charge in [-0.15, -0.1) is 0 Å². The fourth-order valence-electron chi connectivity index (χ4n) is 1.75. The fourth-order valence-corrected chi connectivity index (χ4v) is 3.07. The second kappa shape index (κ2) is 3.10. The summed E-state index contributed by atoms with van der Waals surface area (Å²) in [5, 5.41) is 0.00993. The van der Waals surface area contributed by atoms with Gasteiger partial charge in [-0.1, -0.05) is 11.6 Å². The first-order valence-corrected chi connectivity index (χ1v) is 6.23. The maximum Gasteiger partial charge on any atom is 0.441 e. The molecule has 0 aliphatic carbocycles. The highest BCUT2D eigenvalue weighted by Crippen LogP contribution is 2.62. The van der Waals surface area contributed by atoms with Crippen LogP contribution in [0.25, 0.3) is 0 Å². The molecule has 2 atom stereocenters. The van der Waals surface area contributed by atoms with E-state index in [0.717, 1.165) is 12.1 Å². The van der Waals surface area contributed by atoms with Gasteiger partial charge >= 0.3 is 22.2 Å². The van der Waals surface area contributed by atoms with Crippen molar-refractivity contribution in [3.05, 3.63) is 28.8 Å². The fraction of sp³-hybridized carbons (Fsp3) is 0.250. The molecule has 0 saturated carbocycles. The van der Waals surface area contributed by atoms with Gasteiger partial charge < -0.3 is 4.18 Å². The standard InChI is InChI=1S/C8H3ClF3NO4S/c9-4-1-2-6-5(3-4)7(8(10,11)12)13(17-7)18(14,15)16-6/h1-3H/t7-,13?/m1/s1. The zero-order valence-corrected chi connectivity index (χ0v) is 9.80. The van der Waals surface area contributed by atoms with Crippen molar-refractivity contribution in [2.24, 2.45) is 0 Å². The summed E-state index contributed by atoms with van der Waals surface area (Å²) in [5.41, 5.74) is -3.51. The van der Waals surface area contributed by atoms with E-state index in [2.05, 4.69) is 9.02 Å². The topological polar surface area (TPSA) is 58.9 Å². The van der Waals surface area contributed by atoms with Gasteiger partial charge in [-0.25, -0.2) is 4.84 Å². The number of rotatable bonds is 0. The van der Waals surface area contributed by atoms with Gasteiger partial charge in [-0.05, 0) is 18.2 Å². The Bertz CT molecular complexity index is 646. The van der Waals surface area contributed by atoms with Gasteiger partial charge in [-0.3, -0.25) is 0 Å². The number of hydroxylamine groups is 1. The van der Waals surface area contributed by atoms with Gasteiger partial charge in [0.05, 0.1) is 5.56 Å². The third-order valence-electron chi connectivity index (χ3n) is 2.53. The van der Waals surface area contributed by atoms with E-state index in [0.29, 0.717) is 0 Å². The Hall–Kier alpha value is -1.03. The van der Waals surface area contributed by atoms with Gasteiger partial charge in [-0.2, -0.15) is 21.6 Å². The van der Waals surface area contributed by atoms with Crippen LogP contribution in [-0.4, -0.2) is 19.1 Å². The van der Waals surface area contributed by atoms with E-state index in [1.54, 1.807) is 0 Å². The van der Waals surface area contributed by atoms with Gasteiger partial charge in [0.15, 0.2) is 5.75 Å². The summed E-state index contributed by atoms with van der Waals surface area (Å²) in [7, 11) is -4.61. The Morgan fingerprint density at radius 1 is 1.33 bits per heavy atom. The number of halogens is 4. The van der Waals surface area contributed by atoms with Crippen LogP contribution in [0, 0.1) is 0 Å². The minimum absolute atomic E-state index is 0.00993. The smallest absolute Gasteiger partial charge is 0.369 e. The molecular weight excluding hydrogens is 299 g/mol. The van der Waals surface area contributed by atoms with E-state index in [4.69, 9.17) is 11.6 Å². The van der Waals surface area contributed by atoms with Gasteiger partial charge in [0, 0.05) is 9.49 Å². The molecule has 1 unspecified atom stereocenters. The quantitative estimate of drug-likeness (QED) is 0.687. The van der Waals surface area contributed by atoms with Crippen molar-refractivity contribution in [2.75, 3.05) is 0 Å². The summed E-state index contributed by atoms with van der Waals surface area (Å²) in [4.78, 5) is 4.26. The summed E-state index contributed by atoms with van der Waals surface area (Å²) in [6.07, 6.45) is -4.94. The van der Waals surface area contributed by atoms with Crippen LogP contribution in [0.2, 0.25) is 5.02 Å². The lowest BCUT2D eigenvalue weighted by atomic mass is 10.0. The van der Waals surface area contributed by atoms with Crippen LogP contribution in [0.4, 0.5) is 13.2 Å². The molecule has 0 aromatic heterocycles. The Kier molecular flexibility index (Phi) is 2.07. The van der Waals surface area contributed by atoms with Crippen molar-refractivity contribution in [3.63, 3.8) is 0 Å². The van der Waals surface area contributed by atoms with Gasteiger partial charge in [0.1, 0.15) is 0 Å². The highest BCUT2D eigenvalue weighted by molar-refractivity contribution is 7.84. The third-order valence-corrected chi connectivity index (χ3v) is 3.89. The third kappa shape index (κ3) is 1.32. The van der Waals surface area contributed by atoms with Gasteiger partial charge in [0.2, 0.25) is 0 Å². The molecule has 1 fully saturated rings. The lowest BCUT2D eigenvalue weighted by Crippen LogP contribution is -2.41. The first kappa shape index (κ1) is 12.0. The van der Waals surface area contributed by atoms with E-state index in [1.165, 1.54) is 6.07 Å². The Morgan fingerprint density at radius 2 is 2.00 bits per heavy atom. The van der Waals surface area contributed by atoms with Crippen LogP contribution >= 0.6 is 11.6 Å². The molecule has 1 aromatic rings. The second-order valence-corrected chi connectivity index (χ2v) is 5.43. The van der Waals surface area contributed by atoms with Crippen molar-refractivity contribution >= 4 is 21.9 Å². The molecule has 2 aliphatic rings. The zero-order chi connectivity index (χ0) is 13.3. The normalized spacial score (nSPS) is 32.1. The Morgan fingerprint density at radius 3 is 2.61 bits per heavy atom. The van der Waals surface area contributed by atoms with Crippen LogP contribution < -0.4 is 4.18 Å². The van der Waals surface area contributed by atoms with Crippen molar-refractivity contribution in [1.29, 1.82) is 0 Å². The molecule has 5 nitrogen and oxygen atoms in total. The van der Waals surface area contributed by atoms with E-state index < -0.39 is 33.5 Å². The maximum absolute atomic E-state index is 13.0. The molecule has 0 spiro atoms. The molecule has 0 bridgehead atoms. The maximum atomic E-state index is 13.0. The molecule has 1 aromatic carbocycles. The number of fused-ring (bicyclic) bond motifs is 3. The molecule has 18 heavy (non-hydrogen) atoms. The van der Waals surface area contributed by atoms with Crippen molar-refractivity contribution in [3.8, 4) is 5.75 Å². The minimum atomic E-state index is -4.94. The largest absolute Gasteiger partial charge is 0.441 e. The summed E-state index contributed by atoms with van der Waals surface area (Å²) >= 11 is 5.60. The molecule has 10 heteroatoms. The van der Waals surface area contributed by atoms with Crippen LogP contribution in [0.1, 0.15) is 5.56 Å². The molecule has 0 radical (unpaired) electrons. The first-order valence-electron chi connectivity index (χ1n) is 4.49. The predicted molar refractivity (Wildman–Crippen MR) is 51.7 cm³/mol. The molecule has 2 heterocycles. The molecule has 3 rings (SSSR count). The summed E-state index contributed by atoms with van der Waals surface area (Å²) in [6.45, 7) is 0. The number of nitrogens with zero attached hydrogens (tertiary/aromatic N) is 1. The molecule has 1 saturated heterocycles. The number of hydrogen-bond acceptors (Lipinski definition) is 4. The highest BCUT2D eigenvalue weighted by Gasteiger charge is 2.82. The summed E-state index contributed by atoms with van der Waals surface area (Å²) in [6, 6.07) is 3.22. The van der Waals surface area contributed by atoms with E-state index >= 15 is 0 Å². The molecular formula is C8H3ClF3NO4S. The van der Waals surface area contributed by atoms with E-state index in [1.807, 2.05) is 0 Å². The summed E-state index contributed by atoms with van der Waals surface area (Å²) in [5.74, 6) is -0.453. The number of hydrogen-bond donors (Lipinski definition) is 0. The lowest BCUT2D eigenvalue weighted by molar-refractivity contribution is -0.190. The SMILES string of the molecule is O=S1(=O)Oc2ccc(Cl)cc2[C@]2(C(F)(F)F)ON21. The molecule has 0 N–H and O–H groups in total. The van der Waals surface area contributed by atoms with Crippen LogP contribution in [0.3, 0.4) is 0 Å². The Balaban J connectivity index is 2.29.